The molecule has 9 nitrogen and oxygen atoms in total. The van der Waals surface area contributed by atoms with Crippen LogP contribution in [-0.2, 0) is 30.6 Å². The van der Waals surface area contributed by atoms with E-state index in [1.54, 1.807) is 7.11 Å². The molecule has 0 unspecified atom stereocenters. The fraction of sp³-hybridized carbons (Fsp3) is 0.306. The molecule has 0 saturated carbocycles. The molecule has 4 heterocycles. The number of aromatic amines is 2. The Bertz CT molecular complexity index is 1890. The molecule has 1 aliphatic heterocycles. The van der Waals surface area contributed by atoms with Gasteiger partial charge < -0.3 is 24.6 Å². The second kappa shape index (κ2) is 13.0. The van der Waals surface area contributed by atoms with E-state index in [1.807, 2.05) is 18.5 Å². The van der Waals surface area contributed by atoms with E-state index >= 15 is 0 Å². The van der Waals surface area contributed by atoms with Gasteiger partial charge in [0.25, 0.3) is 0 Å². The van der Waals surface area contributed by atoms with Gasteiger partial charge in [-0.25, -0.2) is 0 Å². The molecule has 7 rings (SSSR count). The summed E-state index contributed by atoms with van der Waals surface area (Å²) in [6.45, 7) is 1.48. The second-order valence-corrected chi connectivity index (χ2v) is 11.8. The number of methoxy groups -OCH3 is 1. The van der Waals surface area contributed by atoms with E-state index in [2.05, 4.69) is 97.8 Å². The van der Waals surface area contributed by atoms with E-state index in [-0.39, 0.29) is 12.2 Å². The summed E-state index contributed by atoms with van der Waals surface area (Å²) in [6.07, 6.45) is 11.4. The van der Waals surface area contributed by atoms with Crippen molar-refractivity contribution in [2.75, 3.05) is 13.7 Å². The van der Waals surface area contributed by atoms with Crippen LogP contribution in [0.4, 0.5) is 0 Å². The smallest absolute Gasteiger partial charge is 0.310 e. The molecule has 0 spiro atoms. The normalized spacial score (nSPS) is 16.2. The molecule has 9 heteroatoms. The van der Waals surface area contributed by atoms with Gasteiger partial charge in [-0.3, -0.25) is 9.69 Å². The number of nitrogens with one attached hydrogen (secondary N) is 3. The summed E-state index contributed by atoms with van der Waals surface area (Å²) < 4.78 is 7.73. The summed E-state index contributed by atoms with van der Waals surface area (Å²) in [5, 5.41) is 15.2. The molecule has 3 aromatic heterocycles. The maximum Gasteiger partial charge on any atom is 0.310 e. The van der Waals surface area contributed by atoms with E-state index in [4.69, 9.17) is 14.9 Å². The highest BCUT2D eigenvalue weighted by molar-refractivity contribution is 5.83. The van der Waals surface area contributed by atoms with Crippen molar-refractivity contribution in [2.24, 2.45) is 0 Å². The molecular weight excluding hydrogens is 562 g/mol. The van der Waals surface area contributed by atoms with E-state index in [0.29, 0.717) is 6.54 Å². The van der Waals surface area contributed by atoms with Crippen LogP contribution in [0.25, 0.3) is 21.8 Å². The van der Waals surface area contributed by atoms with Crippen LogP contribution in [0.5, 0.6) is 5.75 Å². The van der Waals surface area contributed by atoms with E-state index in [0.717, 1.165) is 79.1 Å². The number of carbonyl (C=O) groups excluding carboxylic acids is 1. The average molecular weight is 601 g/mol. The predicted molar refractivity (Wildman–Crippen MR) is 176 cm³/mol. The fourth-order valence-corrected chi connectivity index (χ4v) is 6.87. The molecule has 1 aliphatic rings. The molecule has 1 saturated heterocycles. The molecule has 3 aromatic carbocycles. The van der Waals surface area contributed by atoms with Crippen molar-refractivity contribution in [1.82, 2.24) is 34.9 Å². The highest BCUT2D eigenvalue weighted by Gasteiger charge is 2.34. The fourth-order valence-electron chi connectivity index (χ4n) is 6.87. The number of aromatic nitrogens is 5. The van der Waals surface area contributed by atoms with Crippen molar-refractivity contribution >= 4 is 28.2 Å². The molecule has 3 N–H and O–H groups in total. The monoisotopic (exact) mass is 600 g/mol. The van der Waals surface area contributed by atoms with Gasteiger partial charge in [-0.1, -0.05) is 48.5 Å². The molecule has 1 amide bonds. The number of hydrogen-bond donors (Lipinski definition) is 3. The maximum atomic E-state index is 11.6. The minimum absolute atomic E-state index is 0.108. The van der Waals surface area contributed by atoms with Gasteiger partial charge in [-0.2, -0.15) is 0 Å². The first-order valence-electron chi connectivity index (χ1n) is 15.7. The van der Waals surface area contributed by atoms with Gasteiger partial charge in [0.2, 0.25) is 0 Å². The number of amides is 1. The minimum atomic E-state index is -0.118. The van der Waals surface area contributed by atoms with Gasteiger partial charge in [0, 0.05) is 47.2 Å². The van der Waals surface area contributed by atoms with Crippen molar-refractivity contribution in [3.63, 3.8) is 0 Å². The number of hydrogen-bond acceptors (Lipinski definition) is 5. The molecule has 0 aliphatic carbocycles. The Morgan fingerprint density at radius 2 is 1.62 bits per heavy atom. The zero-order chi connectivity index (χ0) is 30.6. The summed E-state index contributed by atoms with van der Waals surface area (Å²) in [7, 11) is 1.69. The van der Waals surface area contributed by atoms with Gasteiger partial charge in [0.05, 0.1) is 25.9 Å². The summed E-state index contributed by atoms with van der Waals surface area (Å²) in [6, 6.07) is 24.9. The van der Waals surface area contributed by atoms with Crippen LogP contribution >= 0.6 is 0 Å². The lowest BCUT2D eigenvalue weighted by molar-refractivity contribution is 0.0777. The highest BCUT2D eigenvalue weighted by atomic mass is 16.5. The molecule has 1 fully saturated rings. The number of ether oxygens (including phenoxy) is 1. The number of nitrogens with zero attached hydrogens (tertiary/aromatic N) is 4. The van der Waals surface area contributed by atoms with E-state index in [1.165, 1.54) is 21.9 Å². The first kappa shape index (κ1) is 28.9. The Balaban J connectivity index is 1.29. The van der Waals surface area contributed by atoms with Crippen LogP contribution in [0.2, 0.25) is 0 Å². The lowest BCUT2D eigenvalue weighted by atomic mass is 9.98. The van der Waals surface area contributed by atoms with Crippen molar-refractivity contribution in [3.05, 3.63) is 114 Å². The molecule has 6 aromatic rings. The van der Waals surface area contributed by atoms with Crippen LogP contribution in [0.15, 0.2) is 85.2 Å². The van der Waals surface area contributed by atoms with Gasteiger partial charge in [-0.05, 0) is 73.1 Å². The summed E-state index contributed by atoms with van der Waals surface area (Å²) in [5.41, 5.74) is 5.88. The SMILES string of the molecule is COc1ccc(Cn2c(CCc3c[nH]c4ccccc34)nnc2[C@@H](Cc2c[nH]c3ccccc23)N2CCCC[C@@H]2N[C]=O)cc1. The van der Waals surface area contributed by atoms with Crippen LogP contribution in [0.3, 0.4) is 0 Å². The minimum Gasteiger partial charge on any atom is -0.497 e. The number of H-pyrrole nitrogens is 2. The summed E-state index contributed by atoms with van der Waals surface area (Å²) >= 11 is 0. The molecule has 1 radical (unpaired) electrons. The number of piperidine rings is 1. The molecule has 2 atom stereocenters. The highest BCUT2D eigenvalue weighted by Crippen LogP contribution is 2.33. The zero-order valence-electron chi connectivity index (χ0n) is 25.5. The molecule has 45 heavy (non-hydrogen) atoms. The number of para-hydroxylation sites is 2. The van der Waals surface area contributed by atoms with Crippen molar-refractivity contribution in [3.8, 4) is 5.75 Å². The first-order chi connectivity index (χ1) is 22.2. The van der Waals surface area contributed by atoms with Crippen LogP contribution in [-0.4, -0.2) is 55.9 Å². The topological polar surface area (TPSA) is 104 Å². The Morgan fingerprint density at radius 3 is 2.36 bits per heavy atom. The third-order valence-electron chi connectivity index (χ3n) is 9.20. The first-order valence-corrected chi connectivity index (χ1v) is 15.7. The third kappa shape index (κ3) is 5.95. The lowest BCUT2D eigenvalue weighted by Gasteiger charge is -2.40. The predicted octanol–water partition coefficient (Wildman–Crippen LogP) is 5.84. The van der Waals surface area contributed by atoms with Gasteiger partial charge in [-0.15, -0.1) is 10.2 Å². The third-order valence-corrected chi connectivity index (χ3v) is 9.20. The van der Waals surface area contributed by atoms with E-state index in [9.17, 15) is 4.79 Å². The average Bonchev–Trinajstić information content (AvgIpc) is 3.81. The Hall–Kier alpha value is -4.89. The molecule has 0 bridgehead atoms. The number of rotatable bonds is 12. The number of benzene rings is 3. The van der Waals surface area contributed by atoms with Gasteiger partial charge >= 0.3 is 6.41 Å². The van der Waals surface area contributed by atoms with Gasteiger partial charge in [0.1, 0.15) is 11.6 Å². The summed E-state index contributed by atoms with van der Waals surface area (Å²) in [5.74, 6) is 2.68. The molecule has 229 valence electrons. The molecular formula is C36H38N7O2. The van der Waals surface area contributed by atoms with E-state index < -0.39 is 0 Å². The largest absolute Gasteiger partial charge is 0.497 e. The van der Waals surface area contributed by atoms with Crippen molar-refractivity contribution in [1.29, 1.82) is 0 Å². The van der Waals surface area contributed by atoms with Crippen molar-refractivity contribution in [2.45, 2.75) is 57.3 Å². The second-order valence-electron chi connectivity index (χ2n) is 11.8. The standard InChI is InChI=1S/C36H38N7O2/c1-45-28-16-13-25(14-17-28)23-43-35(18-15-26-21-37-31-10-4-2-8-29(26)31)40-41-36(43)33(42-19-7-6-12-34(42)39-24-44)20-27-22-38-32-11-5-3-9-30(27)32/h2-5,8-11,13-14,16-17,21-22,33-34,37-38H,6-7,12,15,18-20,23H2,1H3,(H,39,44)/t33-,34-/m1/s1. The van der Waals surface area contributed by atoms with Crippen LogP contribution < -0.4 is 10.1 Å². The maximum absolute atomic E-state index is 11.6. The van der Waals surface area contributed by atoms with Crippen LogP contribution in [0.1, 0.15) is 53.6 Å². The quantitative estimate of drug-likeness (QED) is 0.153. The Kier molecular flexibility index (Phi) is 8.33. The lowest BCUT2D eigenvalue weighted by Crippen LogP contribution is -2.50. The van der Waals surface area contributed by atoms with Crippen LogP contribution in [0, 0.1) is 0 Å². The Morgan fingerprint density at radius 1 is 0.911 bits per heavy atom. The Labute approximate surface area is 262 Å². The number of likely N-dealkylation sites (tertiary alicyclic amines) is 1. The summed E-state index contributed by atoms with van der Waals surface area (Å²) in [4.78, 5) is 20.9. The van der Waals surface area contributed by atoms with Crippen molar-refractivity contribution < 1.29 is 9.53 Å². The zero-order valence-corrected chi connectivity index (χ0v) is 25.5. The number of aryl methyl sites for hydroxylation is 2. The van der Waals surface area contributed by atoms with Gasteiger partial charge in [0.15, 0.2) is 5.82 Å². The number of fused-ring (bicyclic) bond motifs is 2.